The Hall–Kier alpha value is -1.46. The topological polar surface area (TPSA) is 43.0 Å². The smallest absolute Gasteiger partial charge is 0.203 e. The zero-order valence-corrected chi connectivity index (χ0v) is 13.8. The van der Waals surface area contributed by atoms with Gasteiger partial charge in [0.05, 0.1) is 21.3 Å². The van der Waals surface area contributed by atoms with Gasteiger partial charge in [-0.3, -0.25) is 4.90 Å². The molecule has 1 N–H and O–H groups in total. The van der Waals surface area contributed by atoms with Gasteiger partial charge in [-0.2, -0.15) is 0 Å². The molecule has 122 valence electrons. The molecule has 0 aromatic heterocycles. The van der Waals surface area contributed by atoms with Crippen molar-refractivity contribution in [1.82, 2.24) is 10.2 Å². The Morgan fingerprint density at radius 2 is 1.82 bits per heavy atom. The van der Waals surface area contributed by atoms with E-state index < -0.39 is 0 Å². The molecule has 0 saturated carbocycles. The number of hydrogen-bond donors (Lipinski definition) is 1. The van der Waals surface area contributed by atoms with Crippen molar-refractivity contribution in [1.29, 1.82) is 0 Å². The van der Waals surface area contributed by atoms with E-state index in [0.29, 0.717) is 11.2 Å². The van der Waals surface area contributed by atoms with E-state index in [1.165, 1.54) is 38.0 Å². The molecule has 0 bridgehead atoms. The number of ether oxygens (including phenoxy) is 3. The van der Waals surface area contributed by atoms with Crippen LogP contribution in [-0.4, -0.2) is 52.4 Å². The molecule has 0 amide bonds. The van der Waals surface area contributed by atoms with E-state index >= 15 is 0 Å². The molecule has 5 nitrogen and oxygen atoms in total. The first-order valence-electron chi connectivity index (χ1n) is 7.92. The van der Waals surface area contributed by atoms with Crippen molar-refractivity contribution in [2.75, 3.05) is 47.5 Å². The zero-order valence-electron chi connectivity index (χ0n) is 13.8. The molecule has 2 aliphatic rings. The molecule has 2 heterocycles. The first-order chi connectivity index (χ1) is 10.7. The zero-order chi connectivity index (χ0) is 15.6. The molecule has 1 unspecified atom stereocenters. The van der Waals surface area contributed by atoms with Crippen LogP contribution >= 0.6 is 0 Å². The Morgan fingerprint density at radius 1 is 1.09 bits per heavy atom. The number of rotatable bonds is 5. The molecule has 2 saturated heterocycles. The lowest BCUT2D eigenvalue weighted by Crippen LogP contribution is -2.28. The van der Waals surface area contributed by atoms with Crippen LogP contribution in [-0.2, 0) is 6.54 Å². The highest BCUT2D eigenvalue weighted by molar-refractivity contribution is 5.53. The van der Waals surface area contributed by atoms with Gasteiger partial charge in [-0.05, 0) is 49.0 Å². The number of nitrogens with one attached hydrogen (secondary N) is 1. The Morgan fingerprint density at radius 3 is 2.36 bits per heavy atom. The first-order valence-corrected chi connectivity index (χ1v) is 7.92. The quantitative estimate of drug-likeness (QED) is 0.900. The van der Waals surface area contributed by atoms with Gasteiger partial charge in [0.25, 0.3) is 0 Å². The highest BCUT2D eigenvalue weighted by atomic mass is 16.5. The average molecular weight is 306 g/mol. The second-order valence-electron chi connectivity index (χ2n) is 6.42. The van der Waals surface area contributed by atoms with Gasteiger partial charge in [0, 0.05) is 19.6 Å². The number of likely N-dealkylation sites (tertiary alicyclic amines) is 1. The van der Waals surface area contributed by atoms with Crippen LogP contribution in [0.15, 0.2) is 12.1 Å². The monoisotopic (exact) mass is 306 g/mol. The van der Waals surface area contributed by atoms with Crippen LogP contribution in [0.3, 0.4) is 0 Å². The van der Waals surface area contributed by atoms with E-state index in [0.717, 1.165) is 24.6 Å². The van der Waals surface area contributed by atoms with Crippen molar-refractivity contribution in [2.45, 2.75) is 19.4 Å². The van der Waals surface area contributed by atoms with Crippen molar-refractivity contribution >= 4 is 0 Å². The normalized spacial score (nSPS) is 24.9. The van der Waals surface area contributed by atoms with E-state index in [-0.39, 0.29) is 0 Å². The van der Waals surface area contributed by atoms with Crippen molar-refractivity contribution in [3.05, 3.63) is 17.7 Å². The second kappa shape index (κ2) is 6.34. The van der Waals surface area contributed by atoms with Crippen molar-refractivity contribution in [2.24, 2.45) is 5.41 Å². The van der Waals surface area contributed by atoms with E-state index in [9.17, 15) is 0 Å². The van der Waals surface area contributed by atoms with Gasteiger partial charge in [0.1, 0.15) is 0 Å². The number of methoxy groups -OCH3 is 3. The molecular formula is C17H26N2O3. The van der Waals surface area contributed by atoms with Crippen molar-refractivity contribution in [3.8, 4) is 17.2 Å². The van der Waals surface area contributed by atoms with Crippen LogP contribution in [0.2, 0.25) is 0 Å². The summed E-state index contributed by atoms with van der Waals surface area (Å²) >= 11 is 0. The molecule has 1 atom stereocenters. The molecule has 5 heteroatoms. The molecule has 0 aliphatic carbocycles. The molecular weight excluding hydrogens is 280 g/mol. The standard InChI is InChI=1S/C17H26N2O3/c1-20-14-8-13(9-15(21-2)16(14)22-3)10-19-7-5-17(12-19)4-6-18-11-17/h8-9,18H,4-7,10-12H2,1-3H3. The van der Waals surface area contributed by atoms with Gasteiger partial charge < -0.3 is 19.5 Å². The van der Waals surface area contributed by atoms with Crippen LogP contribution in [0, 0.1) is 5.41 Å². The third-order valence-corrected chi connectivity index (χ3v) is 4.98. The number of hydrogen-bond acceptors (Lipinski definition) is 5. The SMILES string of the molecule is COc1cc(CN2CCC3(CCNC3)C2)cc(OC)c1OC. The lowest BCUT2D eigenvalue weighted by atomic mass is 9.86. The van der Waals surface area contributed by atoms with E-state index in [4.69, 9.17) is 14.2 Å². The predicted octanol–water partition coefficient (Wildman–Crippen LogP) is 1.90. The van der Waals surface area contributed by atoms with Crippen LogP contribution in [0.5, 0.6) is 17.2 Å². The molecule has 0 radical (unpaired) electrons. The Labute approximate surface area is 132 Å². The Bertz CT molecular complexity index is 502. The van der Waals surface area contributed by atoms with Gasteiger partial charge in [-0.15, -0.1) is 0 Å². The van der Waals surface area contributed by atoms with Crippen molar-refractivity contribution < 1.29 is 14.2 Å². The number of benzene rings is 1. The lowest BCUT2D eigenvalue weighted by Gasteiger charge is -2.23. The highest BCUT2D eigenvalue weighted by Crippen LogP contribution is 2.40. The maximum absolute atomic E-state index is 5.44. The molecule has 2 fully saturated rings. The minimum atomic E-state index is 0.501. The maximum Gasteiger partial charge on any atom is 0.203 e. The molecule has 22 heavy (non-hydrogen) atoms. The van der Waals surface area contributed by atoms with E-state index in [2.05, 4.69) is 22.3 Å². The first kappa shape index (κ1) is 15.4. The van der Waals surface area contributed by atoms with Crippen LogP contribution < -0.4 is 19.5 Å². The van der Waals surface area contributed by atoms with Crippen molar-refractivity contribution in [3.63, 3.8) is 0 Å². The van der Waals surface area contributed by atoms with Gasteiger partial charge in [-0.1, -0.05) is 0 Å². The Balaban J connectivity index is 1.75. The number of nitrogens with zero attached hydrogens (tertiary/aromatic N) is 1. The third kappa shape index (κ3) is 2.88. The fourth-order valence-electron chi connectivity index (χ4n) is 3.79. The van der Waals surface area contributed by atoms with E-state index in [1.807, 2.05) is 0 Å². The minimum absolute atomic E-state index is 0.501. The third-order valence-electron chi connectivity index (χ3n) is 4.98. The van der Waals surface area contributed by atoms with E-state index in [1.54, 1.807) is 21.3 Å². The summed E-state index contributed by atoms with van der Waals surface area (Å²) in [5, 5.41) is 3.51. The molecule has 2 aliphatic heterocycles. The summed E-state index contributed by atoms with van der Waals surface area (Å²) in [5.74, 6) is 2.12. The van der Waals surface area contributed by atoms with Gasteiger partial charge in [-0.25, -0.2) is 0 Å². The Kier molecular flexibility index (Phi) is 4.45. The van der Waals surface area contributed by atoms with Crippen LogP contribution in [0.1, 0.15) is 18.4 Å². The summed E-state index contributed by atoms with van der Waals surface area (Å²) in [5.41, 5.74) is 1.71. The molecule has 1 aromatic carbocycles. The van der Waals surface area contributed by atoms with Gasteiger partial charge in [0.15, 0.2) is 11.5 Å². The maximum atomic E-state index is 5.44. The predicted molar refractivity (Wildman–Crippen MR) is 85.9 cm³/mol. The summed E-state index contributed by atoms with van der Waals surface area (Å²) in [4.78, 5) is 2.54. The molecule has 1 spiro atoms. The summed E-state index contributed by atoms with van der Waals surface area (Å²) in [6.45, 7) is 5.60. The summed E-state index contributed by atoms with van der Waals surface area (Å²) in [6.07, 6.45) is 2.60. The largest absolute Gasteiger partial charge is 0.493 e. The minimum Gasteiger partial charge on any atom is -0.493 e. The summed E-state index contributed by atoms with van der Waals surface area (Å²) in [6, 6.07) is 4.11. The fraction of sp³-hybridized carbons (Fsp3) is 0.647. The summed E-state index contributed by atoms with van der Waals surface area (Å²) in [7, 11) is 4.96. The average Bonchev–Trinajstić information content (AvgIpc) is 3.16. The molecule has 1 aromatic rings. The van der Waals surface area contributed by atoms with Gasteiger partial charge >= 0.3 is 0 Å². The van der Waals surface area contributed by atoms with Crippen LogP contribution in [0.25, 0.3) is 0 Å². The second-order valence-corrected chi connectivity index (χ2v) is 6.42. The fourth-order valence-corrected chi connectivity index (χ4v) is 3.79. The lowest BCUT2D eigenvalue weighted by molar-refractivity contribution is 0.267. The molecule has 3 rings (SSSR count). The van der Waals surface area contributed by atoms with Crippen LogP contribution in [0.4, 0.5) is 0 Å². The summed E-state index contributed by atoms with van der Waals surface area (Å²) < 4.78 is 16.3. The highest BCUT2D eigenvalue weighted by Gasteiger charge is 2.40. The van der Waals surface area contributed by atoms with Gasteiger partial charge in [0.2, 0.25) is 5.75 Å².